The molecule has 5 N–H and O–H groups in total. The summed E-state index contributed by atoms with van der Waals surface area (Å²) in [6.07, 6.45) is 10.8. The van der Waals surface area contributed by atoms with Crippen LogP contribution in [0.5, 0.6) is 0 Å². The number of amides is 1. The Morgan fingerprint density at radius 3 is 2.79 bits per heavy atom. The SMILES string of the molecule is C=C(NCCC1=C(OC)CCC=C1)NC(=NC(Cc1c[nH]c2ncccc12)C(N)=O)/N=C(\C)N(C)C(C)c1ccccc1. The van der Waals surface area contributed by atoms with Crippen LogP contribution in [0.15, 0.2) is 101 Å². The Morgan fingerprint density at radius 1 is 1.26 bits per heavy atom. The molecule has 3 aromatic rings. The van der Waals surface area contributed by atoms with Crippen molar-refractivity contribution in [1.29, 1.82) is 0 Å². The number of amidine groups is 1. The molecule has 0 fully saturated rings. The predicted molar refractivity (Wildman–Crippen MR) is 173 cm³/mol. The van der Waals surface area contributed by atoms with Crippen molar-refractivity contribution in [3.63, 3.8) is 0 Å². The van der Waals surface area contributed by atoms with Crippen LogP contribution >= 0.6 is 0 Å². The molecule has 0 saturated carbocycles. The number of benzene rings is 1. The standard InChI is InChI=1S/C33H42N8O2/c1-22(25-12-7-6-8-13-25)41(4)24(3)39-33(38-23(2)35-19-17-26-14-9-10-16-30(26)43-5)40-29(31(34)42)20-27-21-37-32-28(27)15-11-18-36-32/h6-9,11-15,18,21-22,29,35H,2,10,16-17,19-20H2,1,3-5H3,(H2,34,42)(H,36,37)(H,38,40)/b39-24+. The molecule has 2 atom stereocenters. The maximum Gasteiger partial charge on any atom is 0.242 e. The van der Waals surface area contributed by atoms with E-state index in [4.69, 9.17) is 20.5 Å². The van der Waals surface area contributed by atoms with Gasteiger partial charge in [-0.25, -0.2) is 15.0 Å². The summed E-state index contributed by atoms with van der Waals surface area (Å²) in [4.78, 5) is 31.7. The maximum atomic E-state index is 12.6. The normalized spacial score (nSPS) is 15.3. The van der Waals surface area contributed by atoms with E-state index in [0.717, 1.165) is 52.8 Å². The van der Waals surface area contributed by atoms with Crippen molar-refractivity contribution in [1.82, 2.24) is 25.5 Å². The van der Waals surface area contributed by atoms with E-state index in [1.54, 1.807) is 13.3 Å². The molecule has 4 rings (SSSR count). The van der Waals surface area contributed by atoms with Crippen LogP contribution in [0.25, 0.3) is 11.0 Å². The smallest absolute Gasteiger partial charge is 0.242 e. The summed E-state index contributed by atoms with van der Waals surface area (Å²) in [5, 5.41) is 7.41. The van der Waals surface area contributed by atoms with Crippen molar-refractivity contribution < 1.29 is 9.53 Å². The first-order chi connectivity index (χ1) is 20.8. The fourth-order valence-corrected chi connectivity index (χ4v) is 4.98. The number of nitrogens with one attached hydrogen (secondary N) is 3. The summed E-state index contributed by atoms with van der Waals surface area (Å²) in [5.74, 6) is 1.90. The summed E-state index contributed by atoms with van der Waals surface area (Å²) >= 11 is 0. The van der Waals surface area contributed by atoms with Gasteiger partial charge in [0.25, 0.3) is 0 Å². The molecule has 0 aliphatic heterocycles. The van der Waals surface area contributed by atoms with E-state index in [0.29, 0.717) is 18.2 Å². The van der Waals surface area contributed by atoms with Crippen molar-refractivity contribution in [3.05, 3.63) is 102 Å². The van der Waals surface area contributed by atoms with Crippen LogP contribution in [0.2, 0.25) is 0 Å². The van der Waals surface area contributed by atoms with Gasteiger partial charge in [0.15, 0.2) is 0 Å². The molecule has 2 aromatic heterocycles. The molecular formula is C33H42N8O2. The quantitative estimate of drug-likeness (QED) is 0.181. The largest absolute Gasteiger partial charge is 0.501 e. The lowest BCUT2D eigenvalue weighted by molar-refractivity contribution is -0.119. The number of rotatable bonds is 12. The van der Waals surface area contributed by atoms with Crippen LogP contribution in [0.1, 0.15) is 50.3 Å². The van der Waals surface area contributed by atoms with Crippen molar-refractivity contribution in [2.24, 2.45) is 15.7 Å². The topological polar surface area (TPSA) is 133 Å². The minimum Gasteiger partial charge on any atom is -0.501 e. The number of nitrogens with two attached hydrogens (primary N) is 1. The summed E-state index contributed by atoms with van der Waals surface area (Å²) in [5.41, 5.74) is 9.81. The van der Waals surface area contributed by atoms with E-state index in [2.05, 4.69) is 63.3 Å². The number of methoxy groups -OCH3 is 1. The fourth-order valence-electron chi connectivity index (χ4n) is 4.98. The van der Waals surface area contributed by atoms with Crippen molar-refractivity contribution >= 4 is 28.7 Å². The number of allylic oxidation sites excluding steroid dienone is 3. The third kappa shape index (κ3) is 8.34. The van der Waals surface area contributed by atoms with Gasteiger partial charge in [0.05, 0.1) is 24.7 Å². The van der Waals surface area contributed by atoms with Gasteiger partial charge in [0.1, 0.15) is 17.5 Å². The van der Waals surface area contributed by atoms with Gasteiger partial charge >= 0.3 is 0 Å². The molecule has 226 valence electrons. The second-order valence-corrected chi connectivity index (χ2v) is 10.5. The second kappa shape index (κ2) is 14.9. The van der Waals surface area contributed by atoms with E-state index in [-0.39, 0.29) is 18.4 Å². The van der Waals surface area contributed by atoms with Crippen LogP contribution in [0, 0.1) is 0 Å². The number of hydrogen-bond donors (Lipinski definition) is 4. The average molecular weight is 583 g/mol. The molecule has 1 aliphatic rings. The number of aliphatic imine (C=N–C) groups is 2. The molecule has 2 heterocycles. The first-order valence-corrected chi connectivity index (χ1v) is 14.5. The first-order valence-electron chi connectivity index (χ1n) is 14.5. The Labute approximate surface area is 253 Å². The third-order valence-corrected chi connectivity index (χ3v) is 7.65. The minimum atomic E-state index is -0.871. The number of primary amides is 1. The van der Waals surface area contributed by atoms with Crippen molar-refractivity contribution in [2.75, 3.05) is 20.7 Å². The fraction of sp³-hybridized carbons (Fsp3) is 0.333. The zero-order chi connectivity index (χ0) is 30.8. The van der Waals surface area contributed by atoms with Crippen LogP contribution in [-0.2, 0) is 16.0 Å². The summed E-state index contributed by atoms with van der Waals surface area (Å²) in [6.45, 7) is 8.78. The Balaban J connectivity index is 1.56. The zero-order valence-corrected chi connectivity index (χ0v) is 25.4. The average Bonchev–Trinajstić information content (AvgIpc) is 3.43. The van der Waals surface area contributed by atoms with Gasteiger partial charge in [-0.05, 0) is 55.5 Å². The number of carbonyl (C=O) groups is 1. The number of H-pyrrole nitrogens is 1. The van der Waals surface area contributed by atoms with Crippen LogP contribution in [0.3, 0.4) is 0 Å². The van der Waals surface area contributed by atoms with Crippen LogP contribution in [-0.4, -0.2) is 59.3 Å². The summed E-state index contributed by atoms with van der Waals surface area (Å²) in [6, 6.07) is 13.2. The highest BCUT2D eigenvalue weighted by atomic mass is 16.5. The molecular weight excluding hydrogens is 540 g/mol. The number of nitrogens with zero attached hydrogens (tertiary/aromatic N) is 4. The lowest BCUT2D eigenvalue weighted by atomic mass is 10.0. The van der Waals surface area contributed by atoms with Gasteiger partial charge in [-0.1, -0.05) is 49.1 Å². The van der Waals surface area contributed by atoms with Gasteiger partial charge < -0.3 is 31.0 Å². The highest BCUT2D eigenvalue weighted by Crippen LogP contribution is 2.22. The number of carbonyl (C=O) groups excluding carboxylic acids is 1. The van der Waals surface area contributed by atoms with Gasteiger partial charge in [-0.15, -0.1) is 0 Å². The van der Waals surface area contributed by atoms with Gasteiger partial charge in [0.2, 0.25) is 11.9 Å². The number of aromatic nitrogens is 2. The second-order valence-electron chi connectivity index (χ2n) is 10.5. The number of hydrogen-bond acceptors (Lipinski definition) is 5. The highest BCUT2D eigenvalue weighted by Gasteiger charge is 2.20. The molecule has 2 unspecified atom stereocenters. The monoisotopic (exact) mass is 582 g/mol. The highest BCUT2D eigenvalue weighted by molar-refractivity contribution is 5.97. The molecule has 1 aromatic carbocycles. The van der Waals surface area contributed by atoms with Gasteiger partial charge in [-0.3, -0.25) is 4.79 Å². The molecule has 0 bridgehead atoms. The van der Waals surface area contributed by atoms with E-state index in [1.807, 2.05) is 50.5 Å². The van der Waals surface area contributed by atoms with E-state index in [9.17, 15) is 4.79 Å². The number of aromatic amines is 1. The van der Waals surface area contributed by atoms with Crippen LogP contribution in [0.4, 0.5) is 0 Å². The Kier molecular flexibility index (Phi) is 10.7. The Hall–Kier alpha value is -4.86. The van der Waals surface area contributed by atoms with E-state index in [1.165, 1.54) is 0 Å². The number of ether oxygens (including phenoxy) is 1. The number of fused-ring (bicyclic) bond motifs is 1. The molecule has 0 spiro atoms. The molecule has 0 radical (unpaired) electrons. The number of guanidine groups is 1. The maximum absolute atomic E-state index is 12.6. The predicted octanol–water partition coefficient (Wildman–Crippen LogP) is 4.72. The number of pyridine rings is 1. The van der Waals surface area contributed by atoms with E-state index >= 15 is 0 Å². The van der Waals surface area contributed by atoms with Crippen LogP contribution < -0.4 is 16.4 Å². The van der Waals surface area contributed by atoms with E-state index < -0.39 is 11.9 Å². The Morgan fingerprint density at radius 2 is 2.05 bits per heavy atom. The summed E-state index contributed by atoms with van der Waals surface area (Å²) in [7, 11) is 3.69. The lowest BCUT2D eigenvalue weighted by Crippen LogP contribution is -2.37. The third-order valence-electron chi connectivity index (χ3n) is 7.65. The zero-order valence-electron chi connectivity index (χ0n) is 25.4. The van der Waals surface area contributed by atoms with Crippen molar-refractivity contribution in [3.8, 4) is 0 Å². The molecule has 1 amide bonds. The molecule has 1 aliphatic carbocycles. The van der Waals surface area contributed by atoms with Crippen molar-refractivity contribution in [2.45, 2.75) is 51.6 Å². The van der Waals surface area contributed by atoms with Gasteiger partial charge in [-0.2, -0.15) is 0 Å². The first kappa shape index (κ1) is 31.1. The molecule has 43 heavy (non-hydrogen) atoms. The molecule has 0 saturated heterocycles. The van der Waals surface area contributed by atoms with Gasteiger partial charge in [0, 0.05) is 44.2 Å². The summed E-state index contributed by atoms with van der Waals surface area (Å²) < 4.78 is 5.55. The Bertz CT molecular complexity index is 1540. The minimum absolute atomic E-state index is 0.0602. The molecule has 10 nitrogen and oxygen atoms in total. The lowest BCUT2D eigenvalue weighted by Gasteiger charge is -2.27. The molecule has 10 heteroatoms.